The van der Waals surface area contributed by atoms with Crippen molar-refractivity contribution in [1.29, 1.82) is 0 Å². The van der Waals surface area contributed by atoms with E-state index in [1.807, 2.05) is 13.8 Å². The van der Waals surface area contributed by atoms with E-state index in [1.54, 1.807) is 4.90 Å². The van der Waals surface area contributed by atoms with Crippen molar-refractivity contribution < 1.29 is 28.4 Å². The van der Waals surface area contributed by atoms with Crippen molar-refractivity contribution in [2.45, 2.75) is 32.2 Å². The minimum atomic E-state index is -3.71. The van der Waals surface area contributed by atoms with Gasteiger partial charge in [-0.25, -0.2) is 0 Å². The van der Waals surface area contributed by atoms with Gasteiger partial charge in [-0.3, -0.25) is 0 Å². The molecule has 0 amide bonds. The second-order valence-electron chi connectivity index (χ2n) is 5.67. The van der Waals surface area contributed by atoms with Gasteiger partial charge in [0.15, 0.2) is 0 Å². The number of hydrogen-bond acceptors (Lipinski definition) is 7. The molecule has 7 nitrogen and oxygen atoms in total. The Hall–Kier alpha value is -0.345. The van der Waals surface area contributed by atoms with Gasteiger partial charge in [-0.2, -0.15) is 0 Å². The van der Waals surface area contributed by atoms with Crippen LogP contribution < -0.4 is 0 Å². The minimum absolute atomic E-state index is 0.0666. The fourth-order valence-corrected chi connectivity index (χ4v) is 3.11. The average molecular weight is 323 g/mol. The molecule has 21 heavy (non-hydrogen) atoms. The molecule has 0 aromatic carbocycles. The zero-order valence-electron chi connectivity index (χ0n) is 12.7. The summed E-state index contributed by atoms with van der Waals surface area (Å²) in [6, 6.07) is 0. The fraction of sp³-hybridized carbons (Fsp3) is 1.00. The van der Waals surface area contributed by atoms with Crippen LogP contribution in [0.4, 0.5) is 0 Å². The van der Waals surface area contributed by atoms with Crippen LogP contribution in [0.2, 0.25) is 0 Å². The van der Waals surface area contributed by atoms with Gasteiger partial charge < -0.3 is 0 Å². The molecule has 0 aromatic rings. The molecule has 0 saturated carbocycles. The Labute approximate surface area is 127 Å². The predicted molar refractivity (Wildman–Crippen MR) is 79.9 cm³/mol. The quantitative estimate of drug-likeness (QED) is 0.387. The summed E-state index contributed by atoms with van der Waals surface area (Å²) in [5.74, 6) is -0.0725. The second kappa shape index (κ2) is 9.63. The molecule has 0 atom stereocenters. The van der Waals surface area contributed by atoms with Gasteiger partial charge in [0, 0.05) is 0 Å². The molecule has 124 valence electrons. The molecule has 0 bridgehead atoms. The summed E-state index contributed by atoms with van der Waals surface area (Å²) in [7, 11) is -3.71. The van der Waals surface area contributed by atoms with Gasteiger partial charge in [-0.15, -0.1) is 0 Å². The first-order valence-electron chi connectivity index (χ1n) is 7.02. The Balaban J connectivity index is 4.93. The third kappa shape index (κ3) is 6.97. The summed E-state index contributed by atoms with van der Waals surface area (Å²) in [6.45, 7) is 3.64. The van der Waals surface area contributed by atoms with E-state index in [9.17, 15) is 23.3 Å². The Morgan fingerprint density at radius 1 is 1.14 bits per heavy atom. The summed E-state index contributed by atoms with van der Waals surface area (Å²) in [5.41, 5.74) is -0.901. The van der Waals surface area contributed by atoms with E-state index in [1.165, 1.54) is 0 Å². The van der Waals surface area contributed by atoms with E-state index in [4.69, 9.17) is 5.11 Å². The van der Waals surface area contributed by atoms with Gasteiger partial charge in [0.1, 0.15) is 0 Å². The number of aliphatic hydroxyl groups is 3. The van der Waals surface area contributed by atoms with Crippen LogP contribution in [0, 0.1) is 5.92 Å². The standard InChI is InChI=1S/C12H26BNO6S/c1-11(2)8-12(9-16,10-17)14(5-6-15)4-3-7-21(19,20)13-18/h11,15-17H,3-10H2,1-2H3. The molecule has 0 unspecified atom stereocenters. The van der Waals surface area contributed by atoms with Crippen LogP contribution in [0.25, 0.3) is 0 Å². The van der Waals surface area contributed by atoms with Gasteiger partial charge in [0.25, 0.3) is 0 Å². The number of nitrogens with zero attached hydrogens (tertiary/aromatic N) is 1. The van der Waals surface area contributed by atoms with Crippen LogP contribution in [-0.2, 0) is 14.4 Å². The molecule has 0 heterocycles. The normalized spacial score (nSPS) is 12.9. The maximum absolute atomic E-state index is 11.2. The molecule has 0 spiro atoms. The van der Waals surface area contributed by atoms with Gasteiger partial charge >= 0.3 is 126 Å². The van der Waals surface area contributed by atoms with Crippen molar-refractivity contribution in [2.24, 2.45) is 5.92 Å². The summed E-state index contributed by atoms with van der Waals surface area (Å²) in [6.07, 6.45) is 0.643. The van der Waals surface area contributed by atoms with Crippen LogP contribution in [0.1, 0.15) is 26.7 Å². The molecule has 3 N–H and O–H groups in total. The van der Waals surface area contributed by atoms with Crippen LogP contribution in [0.15, 0.2) is 0 Å². The summed E-state index contributed by atoms with van der Waals surface area (Å²) < 4.78 is 32.7. The van der Waals surface area contributed by atoms with Crippen molar-refractivity contribution in [1.82, 2.24) is 4.90 Å². The first kappa shape index (κ1) is 20.7. The van der Waals surface area contributed by atoms with Crippen molar-refractivity contribution in [3.8, 4) is 0 Å². The first-order valence-corrected chi connectivity index (χ1v) is 8.74. The molecule has 0 aliphatic heterocycles. The monoisotopic (exact) mass is 323 g/mol. The van der Waals surface area contributed by atoms with Gasteiger partial charge in [-0.1, -0.05) is 0 Å². The topological polar surface area (TPSA) is 115 Å². The summed E-state index contributed by atoms with van der Waals surface area (Å²) in [4.78, 5) is 1.70. The SMILES string of the molecule is CC(C)CC(CO)(CO)N(CCO)CCCS(=O)(=O)B=O. The number of β-amino-alcohol motifs (C(OH)–C–C–N with tert-alkyl or cyclic N) is 1. The Morgan fingerprint density at radius 2 is 1.71 bits per heavy atom. The van der Waals surface area contributed by atoms with Gasteiger partial charge in [0.05, 0.1) is 0 Å². The molecule has 0 aliphatic carbocycles. The molecular formula is C12H26BNO6S. The second-order valence-corrected chi connectivity index (χ2v) is 7.59. The summed E-state index contributed by atoms with van der Waals surface area (Å²) in [5, 5.41) is 28.5. The van der Waals surface area contributed by atoms with Crippen molar-refractivity contribution in [3.05, 3.63) is 0 Å². The van der Waals surface area contributed by atoms with E-state index in [-0.39, 0.29) is 57.4 Å². The van der Waals surface area contributed by atoms with E-state index < -0.39 is 15.2 Å². The third-order valence-corrected chi connectivity index (χ3v) is 4.57. The number of rotatable bonds is 12. The number of aliphatic hydroxyl groups excluding tert-OH is 3. The number of hydrogen-bond donors (Lipinski definition) is 3. The van der Waals surface area contributed by atoms with E-state index in [0.29, 0.717) is 6.42 Å². The molecule has 0 fully saturated rings. The Bertz CT molecular complexity index is 397. The van der Waals surface area contributed by atoms with E-state index in [2.05, 4.69) is 0 Å². The molecule has 0 aromatic heterocycles. The molecule has 0 saturated heterocycles. The Kier molecular flexibility index (Phi) is 9.47. The Morgan fingerprint density at radius 3 is 2.10 bits per heavy atom. The molecular weight excluding hydrogens is 297 g/mol. The fourth-order valence-electron chi connectivity index (χ4n) is 2.48. The molecule has 9 heteroatoms. The zero-order valence-corrected chi connectivity index (χ0v) is 13.5. The molecule has 0 radical (unpaired) electrons. The van der Waals surface area contributed by atoms with Crippen molar-refractivity contribution in [3.63, 3.8) is 0 Å². The summed E-state index contributed by atoms with van der Waals surface area (Å²) >= 11 is 0. The maximum atomic E-state index is 11.2. The van der Waals surface area contributed by atoms with E-state index in [0.717, 1.165) is 0 Å². The molecule has 0 rings (SSSR count). The van der Waals surface area contributed by atoms with Crippen LogP contribution in [-0.4, -0.2) is 79.3 Å². The van der Waals surface area contributed by atoms with Crippen molar-refractivity contribution >= 4 is 16.1 Å². The third-order valence-electron chi connectivity index (χ3n) is 3.42. The van der Waals surface area contributed by atoms with Gasteiger partial charge in [0.2, 0.25) is 0 Å². The van der Waals surface area contributed by atoms with Crippen LogP contribution >= 0.6 is 0 Å². The van der Waals surface area contributed by atoms with Gasteiger partial charge in [-0.05, 0) is 0 Å². The average Bonchev–Trinajstić information content (AvgIpc) is 2.43. The first-order chi connectivity index (χ1) is 9.76. The van der Waals surface area contributed by atoms with Crippen molar-refractivity contribution in [2.75, 3.05) is 38.7 Å². The molecule has 0 aliphatic rings. The van der Waals surface area contributed by atoms with Crippen LogP contribution in [0.5, 0.6) is 0 Å². The zero-order chi connectivity index (χ0) is 16.5. The van der Waals surface area contributed by atoms with E-state index >= 15 is 0 Å². The predicted octanol–water partition coefficient (Wildman–Crippen LogP) is -1.18. The van der Waals surface area contributed by atoms with Crippen LogP contribution in [0.3, 0.4) is 0 Å².